The van der Waals surface area contributed by atoms with Gasteiger partial charge in [-0.25, -0.2) is 0 Å². The van der Waals surface area contributed by atoms with Crippen LogP contribution in [-0.4, -0.2) is 18.9 Å². The minimum absolute atomic E-state index is 0.227. The van der Waals surface area contributed by atoms with Gasteiger partial charge < -0.3 is 9.47 Å². The maximum atomic E-state index is 12.2. The van der Waals surface area contributed by atoms with Crippen molar-refractivity contribution in [1.29, 1.82) is 0 Å². The van der Waals surface area contributed by atoms with Crippen LogP contribution in [0.1, 0.15) is 24.8 Å². The largest absolute Gasteiger partial charge is 0.436 e. The highest BCUT2D eigenvalue weighted by molar-refractivity contribution is 5.78. The van der Waals surface area contributed by atoms with Crippen LogP contribution in [0.4, 0.5) is 0 Å². The Morgan fingerprint density at radius 2 is 1.82 bits per heavy atom. The summed E-state index contributed by atoms with van der Waals surface area (Å²) < 4.78 is 10.9. The maximum Gasteiger partial charge on any atom is 0.312 e. The third-order valence-electron chi connectivity index (χ3n) is 3.84. The second kappa shape index (κ2) is 7.23. The van der Waals surface area contributed by atoms with E-state index in [9.17, 15) is 4.79 Å². The van der Waals surface area contributed by atoms with Gasteiger partial charge in [-0.05, 0) is 29.5 Å². The molecule has 1 heterocycles. The summed E-state index contributed by atoms with van der Waals surface area (Å²) in [6, 6.07) is 18.0. The number of benzene rings is 2. The lowest BCUT2D eigenvalue weighted by Gasteiger charge is -2.22. The van der Waals surface area contributed by atoms with E-state index in [4.69, 9.17) is 9.47 Å². The second-order valence-electron chi connectivity index (χ2n) is 5.49. The van der Waals surface area contributed by atoms with Gasteiger partial charge in [-0.2, -0.15) is 0 Å². The third kappa shape index (κ3) is 3.74. The van der Waals surface area contributed by atoms with E-state index in [0.717, 1.165) is 36.0 Å². The van der Waals surface area contributed by atoms with Gasteiger partial charge in [0, 0.05) is 6.42 Å². The van der Waals surface area contributed by atoms with E-state index in [1.54, 1.807) is 0 Å². The van der Waals surface area contributed by atoms with Gasteiger partial charge in [-0.3, -0.25) is 4.79 Å². The van der Waals surface area contributed by atoms with E-state index in [0.29, 0.717) is 6.61 Å². The molecule has 1 unspecified atom stereocenters. The Bertz CT molecular complexity index is 616. The van der Waals surface area contributed by atoms with Crippen LogP contribution in [0.2, 0.25) is 0 Å². The molecule has 0 bridgehead atoms. The summed E-state index contributed by atoms with van der Waals surface area (Å²) >= 11 is 0. The van der Waals surface area contributed by atoms with Crippen LogP contribution in [0.25, 0.3) is 11.1 Å². The quantitative estimate of drug-likeness (QED) is 0.801. The smallest absolute Gasteiger partial charge is 0.312 e. The predicted octanol–water partition coefficient (Wildman–Crippen LogP) is 3.97. The summed E-state index contributed by atoms with van der Waals surface area (Å²) in [5.41, 5.74) is 3.17. The second-order valence-corrected chi connectivity index (χ2v) is 5.49. The number of carbonyl (C=O) groups excluding carboxylic acids is 1. The average Bonchev–Trinajstić information content (AvgIpc) is 2.57. The van der Waals surface area contributed by atoms with Crippen molar-refractivity contribution < 1.29 is 14.3 Å². The van der Waals surface area contributed by atoms with Gasteiger partial charge in [0.1, 0.15) is 0 Å². The van der Waals surface area contributed by atoms with Crippen LogP contribution in [0.5, 0.6) is 0 Å². The van der Waals surface area contributed by atoms with Crippen molar-refractivity contribution in [3.8, 4) is 11.1 Å². The van der Waals surface area contributed by atoms with Crippen LogP contribution in [0.15, 0.2) is 54.6 Å². The molecule has 114 valence electrons. The molecular weight excluding hydrogens is 276 g/mol. The lowest BCUT2D eigenvalue weighted by atomic mass is 9.98. The molecule has 0 N–H and O–H groups in total. The van der Waals surface area contributed by atoms with Crippen LogP contribution < -0.4 is 0 Å². The molecule has 1 saturated heterocycles. The van der Waals surface area contributed by atoms with E-state index >= 15 is 0 Å². The topological polar surface area (TPSA) is 35.5 Å². The Kier molecular flexibility index (Phi) is 4.86. The van der Waals surface area contributed by atoms with Gasteiger partial charge in [0.15, 0.2) is 0 Å². The molecule has 0 saturated carbocycles. The van der Waals surface area contributed by atoms with Crippen molar-refractivity contribution in [2.45, 2.75) is 32.0 Å². The van der Waals surface area contributed by atoms with Gasteiger partial charge in [-0.15, -0.1) is 0 Å². The Labute approximate surface area is 130 Å². The predicted molar refractivity (Wildman–Crippen MR) is 85.3 cm³/mol. The van der Waals surface area contributed by atoms with Gasteiger partial charge in [0.25, 0.3) is 0 Å². The lowest BCUT2D eigenvalue weighted by molar-refractivity contribution is -0.185. The van der Waals surface area contributed by atoms with Crippen molar-refractivity contribution in [2.24, 2.45) is 0 Å². The fourth-order valence-corrected chi connectivity index (χ4v) is 2.72. The first kappa shape index (κ1) is 14.8. The Hall–Kier alpha value is -2.13. The number of hydrogen-bond acceptors (Lipinski definition) is 3. The van der Waals surface area contributed by atoms with E-state index in [1.165, 1.54) is 0 Å². The summed E-state index contributed by atoms with van der Waals surface area (Å²) in [6.45, 7) is 0.679. The molecule has 0 spiro atoms. The molecule has 2 aromatic rings. The molecule has 22 heavy (non-hydrogen) atoms. The fraction of sp³-hybridized carbons (Fsp3) is 0.316. The SMILES string of the molecule is O=C(Cc1ccccc1-c1ccccc1)OC1CCCCO1. The van der Waals surface area contributed by atoms with Crippen molar-refractivity contribution in [3.05, 3.63) is 60.2 Å². The van der Waals surface area contributed by atoms with Gasteiger partial charge in [0.2, 0.25) is 6.29 Å². The van der Waals surface area contributed by atoms with E-state index < -0.39 is 0 Å². The first-order valence-corrected chi connectivity index (χ1v) is 7.77. The van der Waals surface area contributed by atoms with Crippen molar-refractivity contribution in [2.75, 3.05) is 6.61 Å². The average molecular weight is 296 g/mol. The summed E-state index contributed by atoms with van der Waals surface area (Å²) in [5, 5.41) is 0. The zero-order valence-corrected chi connectivity index (χ0v) is 12.5. The first-order chi connectivity index (χ1) is 10.8. The number of ether oxygens (including phenoxy) is 2. The Morgan fingerprint density at radius 3 is 2.59 bits per heavy atom. The zero-order valence-electron chi connectivity index (χ0n) is 12.5. The minimum Gasteiger partial charge on any atom is -0.436 e. The van der Waals surface area contributed by atoms with Crippen LogP contribution in [0, 0.1) is 0 Å². The van der Waals surface area contributed by atoms with E-state index in [-0.39, 0.29) is 18.7 Å². The minimum atomic E-state index is -0.370. The van der Waals surface area contributed by atoms with Crippen LogP contribution in [0.3, 0.4) is 0 Å². The zero-order chi connectivity index (χ0) is 15.2. The molecule has 1 fully saturated rings. The van der Waals surface area contributed by atoms with Crippen LogP contribution >= 0.6 is 0 Å². The standard InChI is InChI=1S/C19H20O3/c20-18(22-19-12-6-7-13-21-19)14-16-10-4-5-11-17(16)15-8-2-1-3-9-15/h1-5,8-11,19H,6-7,12-14H2. The molecule has 0 aliphatic carbocycles. The monoisotopic (exact) mass is 296 g/mol. The van der Waals surface area contributed by atoms with E-state index in [1.807, 2.05) is 42.5 Å². The molecule has 3 heteroatoms. The number of hydrogen-bond donors (Lipinski definition) is 0. The lowest BCUT2D eigenvalue weighted by Crippen LogP contribution is -2.26. The van der Waals surface area contributed by atoms with Crippen molar-refractivity contribution in [1.82, 2.24) is 0 Å². The molecular formula is C19H20O3. The molecule has 3 rings (SSSR count). The molecule has 0 aromatic heterocycles. The fourth-order valence-electron chi connectivity index (χ4n) is 2.72. The summed E-state index contributed by atoms with van der Waals surface area (Å²) in [5.74, 6) is -0.227. The first-order valence-electron chi connectivity index (χ1n) is 7.77. The van der Waals surface area contributed by atoms with Crippen LogP contribution in [-0.2, 0) is 20.7 Å². The number of esters is 1. The highest BCUT2D eigenvalue weighted by Crippen LogP contribution is 2.24. The Morgan fingerprint density at radius 1 is 1.05 bits per heavy atom. The van der Waals surface area contributed by atoms with E-state index in [2.05, 4.69) is 12.1 Å². The molecule has 3 nitrogen and oxygen atoms in total. The summed E-state index contributed by atoms with van der Waals surface area (Å²) in [6.07, 6.45) is 2.80. The van der Waals surface area contributed by atoms with Crippen molar-refractivity contribution in [3.63, 3.8) is 0 Å². The summed E-state index contributed by atoms with van der Waals surface area (Å²) in [4.78, 5) is 12.2. The van der Waals surface area contributed by atoms with Gasteiger partial charge >= 0.3 is 5.97 Å². The number of rotatable bonds is 4. The molecule has 0 radical (unpaired) electrons. The maximum absolute atomic E-state index is 12.2. The molecule has 1 atom stereocenters. The highest BCUT2D eigenvalue weighted by Gasteiger charge is 2.19. The highest BCUT2D eigenvalue weighted by atomic mass is 16.7. The number of carbonyl (C=O) groups is 1. The van der Waals surface area contributed by atoms with Crippen molar-refractivity contribution >= 4 is 5.97 Å². The van der Waals surface area contributed by atoms with Gasteiger partial charge in [-0.1, -0.05) is 54.6 Å². The Balaban J connectivity index is 1.71. The van der Waals surface area contributed by atoms with Gasteiger partial charge in [0.05, 0.1) is 13.0 Å². The third-order valence-corrected chi connectivity index (χ3v) is 3.84. The summed E-state index contributed by atoms with van der Waals surface area (Å²) in [7, 11) is 0. The normalized spacial score (nSPS) is 17.9. The molecule has 0 amide bonds. The molecule has 2 aromatic carbocycles. The molecule has 1 aliphatic rings. The molecule has 1 aliphatic heterocycles.